The van der Waals surface area contributed by atoms with Crippen LogP contribution in [0.5, 0.6) is 5.75 Å². The number of ether oxygens (including phenoxy) is 1. The highest BCUT2D eigenvalue weighted by atomic mass is 32.1. The number of aromatic nitrogens is 6. The van der Waals surface area contributed by atoms with Crippen LogP contribution in [0.15, 0.2) is 18.6 Å². The first-order chi connectivity index (χ1) is 15.1. The lowest BCUT2D eigenvalue weighted by Gasteiger charge is -2.28. The van der Waals surface area contributed by atoms with Crippen LogP contribution in [-0.4, -0.2) is 63.1 Å². The zero-order valence-electron chi connectivity index (χ0n) is 18.1. The number of thiazole rings is 1. The van der Waals surface area contributed by atoms with Crippen molar-refractivity contribution in [3.8, 4) is 27.7 Å². The second kappa shape index (κ2) is 7.93. The quantitative estimate of drug-likeness (QED) is 0.494. The molecule has 0 spiro atoms. The lowest BCUT2D eigenvalue weighted by atomic mass is 9.97. The summed E-state index contributed by atoms with van der Waals surface area (Å²) in [4.78, 5) is 11.6. The van der Waals surface area contributed by atoms with Crippen molar-refractivity contribution in [2.45, 2.75) is 26.7 Å². The highest BCUT2D eigenvalue weighted by Crippen LogP contribution is 2.41. The van der Waals surface area contributed by atoms with Crippen molar-refractivity contribution in [3.05, 3.63) is 29.8 Å². The molecule has 5 rings (SSSR count). The highest BCUT2D eigenvalue weighted by molar-refractivity contribution is 7.19. The normalized spacial score (nSPS) is 14.7. The summed E-state index contributed by atoms with van der Waals surface area (Å²) < 4.78 is 7.27. The minimum atomic E-state index is 0.257. The van der Waals surface area contributed by atoms with Crippen molar-refractivity contribution in [2.24, 2.45) is 0 Å². The molecule has 0 bridgehead atoms. The van der Waals surface area contributed by atoms with Crippen LogP contribution in [0, 0.1) is 6.92 Å². The average Bonchev–Trinajstić information content (AvgIpc) is 3.51. The fourth-order valence-corrected chi connectivity index (χ4v) is 5.26. The molecule has 31 heavy (non-hydrogen) atoms. The molecule has 10 heteroatoms. The summed E-state index contributed by atoms with van der Waals surface area (Å²) in [6.07, 6.45) is 3.47. The molecular formula is C21H26N8OS. The van der Waals surface area contributed by atoms with Crippen LogP contribution in [-0.2, 0) is 0 Å². The summed E-state index contributed by atoms with van der Waals surface area (Å²) >= 11 is 1.73. The number of hydrogen-bond acceptors (Lipinski definition) is 8. The molecule has 2 N–H and O–H groups in total. The molecule has 162 valence electrons. The number of pyridine rings is 1. The van der Waals surface area contributed by atoms with Gasteiger partial charge in [0.2, 0.25) is 0 Å². The number of fused-ring (bicyclic) bond motifs is 1. The van der Waals surface area contributed by atoms with Crippen LogP contribution in [0.2, 0.25) is 0 Å². The third kappa shape index (κ3) is 3.45. The van der Waals surface area contributed by atoms with Gasteiger partial charge in [0.05, 0.1) is 24.2 Å². The van der Waals surface area contributed by atoms with E-state index in [9.17, 15) is 0 Å². The summed E-state index contributed by atoms with van der Waals surface area (Å²) in [5.41, 5.74) is 5.69. The number of hydrogen-bond donors (Lipinski definition) is 2. The second-order valence-corrected chi connectivity index (χ2v) is 8.97. The van der Waals surface area contributed by atoms with Gasteiger partial charge >= 0.3 is 0 Å². The first-order valence-electron chi connectivity index (χ1n) is 10.5. The number of piperazine rings is 1. The molecule has 1 fully saturated rings. The zero-order chi connectivity index (χ0) is 21.5. The molecule has 0 saturated carbocycles. The number of aromatic amines is 1. The summed E-state index contributed by atoms with van der Waals surface area (Å²) in [6.45, 7) is 10.5. The lowest BCUT2D eigenvalue weighted by Crippen LogP contribution is -2.43. The highest BCUT2D eigenvalue weighted by Gasteiger charge is 2.25. The van der Waals surface area contributed by atoms with Gasteiger partial charge in [0, 0.05) is 43.5 Å². The summed E-state index contributed by atoms with van der Waals surface area (Å²) in [7, 11) is 1.64. The van der Waals surface area contributed by atoms with Crippen molar-refractivity contribution in [2.75, 3.05) is 38.2 Å². The van der Waals surface area contributed by atoms with Crippen LogP contribution in [0.25, 0.3) is 27.6 Å². The van der Waals surface area contributed by atoms with E-state index in [1.54, 1.807) is 23.0 Å². The van der Waals surface area contributed by atoms with E-state index in [1.807, 2.05) is 12.3 Å². The molecule has 0 aliphatic carbocycles. The van der Waals surface area contributed by atoms with E-state index in [-0.39, 0.29) is 5.92 Å². The Kier molecular flexibility index (Phi) is 5.11. The number of rotatable bonds is 5. The first-order valence-corrected chi connectivity index (χ1v) is 11.3. The van der Waals surface area contributed by atoms with E-state index in [2.05, 4.69) is 46.2 Å². The third-order valence-electron chi connectivity index (χ3n) is 5.61. The second-order valence-electron chi connectivity index (χ2n) is 7.99. The van der Waals surface area contributed by atoms with Crippen LogP contribution < -0.4 is 15.0 Å². The SMILES string of the molecule is COc1cc(-c2n[nH]c(-c3nc(C)c(N4CCNCC4)s3)c2C(C)C)cn2ncnc12. The van der Waals surface area contributed by atoms with Crippen LogP contribution in [0.3, 0.4) is 0 Å². The van der Waals surface area contributed by atoms with Gasteiger partial charge in [-0.15, -0.1) is 0 Å². The third-order valence-corrected chi connectivity index (χ3v) is 6.84. The molecule has 0 atom stereocenters. The maximum atomic E-state index is 5.54. The maximum Gasteiger partial charge on any atom is 0.197 e. The van der Waals surface area contributed by atoms with Crippen molar-refractivity contribution in [1.82, 2.24) is 35.1 Å². The fraction of sp³-hybridized carbons (Fsp3) is 0.429. The summed E-state index contributed by atoms with van der Waals surface area (Å²) in [5.74, 6) is 0.924. The van der Waals surface area contributed by atoms with Gasteiger partial charge < -0.3 is 15.0 Å². The van der Waals surface area contributed by atoms with Crippen LogP contribution >= 0.6 is 11.3 Å². The zero-order valence-corrected chi connectivity index (χ0v) is 19.0. The van der Waals surface area contributed by atoms with E-state index in [0.29, 0.717) is 11.4 Å². The van der Waals surface area contributed by atoms with Gasteiger partial charge in [-0.2, -0.15) is 10.2 Å². The Labute approximate surface area is 184 Å². The van der Waals surface area contributed by atoms with Gasteiger partial charge in [-0.25, -0.2) is 14.5 Å². The molecule has 9 nitrogen and oxygen atoms in total. The van der Waals surface area contributed by atoms with Crippen molar-refractivity contribution in [3.63, 3.8) is 0 Å². The van der Waals surface area contributed by atoms with Crippen molar-refractivity contribution >= 4 is 22.0 Å². The van der Waals surface area contributed by atoms with Crippen LogP contribution in [0.1, 0.15) is 31.0 Å². The Morgan fingerprint density at radius 2 is 2.03 bits per heavy atom. The Hall–Kier alpha value is -2.98. The van der Waals surface area contributed by atoms with E-state index >= 15 is 0 Å². The van der Waals surface area contributed by atoms with E-state index in [4.69, 9.17) is 14.8 Å². The molecule has 5 heterocycles. The van der Waals surface area contributed by atoms with Gasteiger partial charge in [0.25, 0.3) is 0 Å². The maximum absolute atomic E-state index is 5.54. The van der Waals surface area contributed by atoms with Gasteiger partial charge in [-0.05, 0) is 18.9 Å². The number of aryl methyl sites for hydroxylation is 1. The van der Waals surface area contributed by atoms with Gasteiger partial charge in [-0.3, -0.25) is 5.10 Å². The Morgan fingerprint density at radius 3 is 2.77 bits per heavy atom. The van der Waals surface area contributed by atoms with Gasteiger partial charge in [0.1, 0.15) is 16.3 Å². The molecule has 1 aliphatic heterocycles. The molecule has 0 amide bonds. The van der Waals surface area contributed by atoms with E-state index in [1.165, 1.54) is 11.3 Å². The van der Waals surface area contributed by atoms with Gasteiger partial charge in [-0.1, -0.05) is 25.2 Å². The summed E-state index contributed by atoms with van der Waals surface area (Å²) in [6, 6.07) is 1.97. The fourth-order valence-electron chi connectivity index (χ4n) is 4.13. The molecule has 1 aliphatic rings. The molecular weight excluding hydrogens is 412 g/mol. The number of nitrogens with one attached hydrogen (secondary N) is 2. The number of H-pyrrole nitrogens is 1. The van der Waals surface area contributed by atoms with Crippen molar-refractivity contribution < 1.29 is 4.74 Å². The van der Waals surface area contributed by atoms with Crippen molar-refractivity contribution in [1.29, 1.82) is 0 Å². The Bertz CT molecular complexity index is 1220. The molecule has 0 unspecified atom stereocenters. The number of anilines is 1. The predicted molar refractivity (Wildman–Crippen MR) is 122 cm³/mol. The first kappa shape index (κ1) is 20.0. The van der Waals surface area contributed by atoms with E-state index < -0.39 is 0 Å². The number of nitrogens with zero attached hydrogens (tertiary/aromatic N) is 6. The monoisotopic (exact) mass is 438 g/mol. The minimum Gasteiger partial charge on any atom is -0.493 e. The largest absolute Gasteiger partial charge is 0.493 e. The molecule has 1 saturated heterocycles. The van der Waals surface area contributed by atoms with Crippen LogP contribution in [0.4, 0.5) is 5.00 Å². The molecule has 0 radical (unpaired) electrons. The Morgan fingerprint density at radius 1 is 1.23 bits per heavy atom. The minimum absolute atomic E-state index is 0.257. The standard InChI is InChI=1S/C21H26N8OS/c1-12(2)16-17(14-9-15(30-4)19-23-11-24-29(19)10-14)26-27-18(16)20-25-13(3)21(31-20)28-7-5-22-6-8-28/h9-12,22H,5-8H2,1-4H3,(H,26,27). The molecule has 4 aromatic heterocycles. The average molecular weight is 439 g/mol. The molecule has 0 aromatic carbocycles. The molecule has 4 aromatic rings. The lowest BCUT2D eigenvalue weighted by molar-refractivity contribution is 0.416. The topological polar surface area (TPSA) is 96.3 Å². The number of methoxy groups -OCH3 is 1. The smallest absolute Gasteiger partial charge is 0.197 e. The summed E-state index contributed by atoms with van der Waals surface area (Å²) in [5, 5.41) is 17.9. The predicted octanol–water partition coefficient (Wildman–Crippen LogP) is 3.09. The van der Waals surface area contributed by atoms with E-state index in [0.717, 1.165) is 59.4 Å². The Balaban J connectivity index is 1.60. The van der Waals surface area contributed by atoms with Gasteiger partial charge in [0.15, 0.2) is 11.4 Å².